The summed E-state index contributed by atoms with van der Waals surface area (Å²) in [7, 11) is 0. The van der Waals surface area contributed by atoms with E-state index in [1.807, 2.05) is 18.5 Å². The molecular formula is C20H22N4. The van der Waals surface area contributed by atoms with E-state index in [2.05, 4.69) is 60.2 Å². The van der Waals surface area contributed by atoms with Gasteiger partial charge in [0.15, 0.2) is 5.65 Å². The van der Waals surface area contributed by atoms with Gasteiger partial charge < -0.3 is 0 Å². The average molecular weight is 318 g/mol. The number of rotatable bonds is 5. The Kier molecular flexibility index (Phi) is 4.35. The van der Waals surface area contributed by atoms with Crippen LogP contribution in [-0.4, -0.2) is 15.2 Å². The molecule has 0 saturated carbocycles. The van der Waals surface area contributed by atoms with Crippen LogP contribution in [0, 0.1) is 11.3 Å². The normalized spacial score (nSPS) is 11.6. The van der Waals surface area contributed by atoms with Crippen LogP contribution in [0.1, 0.15) is 44.7 Å². The van der Waals surface area contributed by atoms with Crippen molar-refractivity contribution in [2.24, 2.45) is 0 Å². The topological polar surface area (TPSA) is 65.4 Å². The van der Waals surface area contributed by atoms with Crippen molar-refractivity contribution in [1.29, 1.82) is 5.26 Å². The van der Waals surface area contributed by atoms with E-state index in [1.165, 1.54) is 11.1 Å². The minimum atomic E-state index is -0.171. The number of nitriles is 1. The number of aromatic nitrogens is 3. The van der Waals surface area contributed by atoms with Gasteiger partial charge in [0.25, 0.3) is 0 Å². The van der Waals surface area contributed by atoms with Crippen LogP contribution in [0.25, 0.3) is 22.2 Å². The summed E-state index contributed by atoms with van der Waals surface area (Å²) in [6, 6.07) is 11.1. The lowest BCUT2D eigenvalue weighted by Crippen LogP contribution is -2.16. The van der Waals surface area contributed by atoms with E-state index in [4.69, 9.17) is 5.26 Å². The van der Waals surface area contributed by atoms with Crippen LogP contribution in [0.3, 0.4) is 0 Å². The van der Waals surface area contributed by atoms with Crippen LogP contribution in [-0.2, 0) is 11.8 Å². The molecule has 0 aliphatic carbocycles. The molecule has 0 radical (unpaired) electrons. The zero-order valence-electron chi connectivity index (χ0n) is 14.4. The summed E-state index contributed by atoms with van der Waals surface area (Å²) in [5.74, 6) is 0. The summed E-state index contributed by atoms with van der Waals surface area (Å²) in [4.78, 5) is 4.33. The van der Waals surface area contributed by atoms with Gasteiger partial charge in [0.2, 0.25) is 0 Å². The van der Waals surface area contributed by atoms with E-state index in [0.29, 0.717) is 6.42 Å². The van der Waals surface area contributed by atoms with Gasteiger partial charge in [0, 0.05) is 23.4 Å². The lowest BCUT2D eigenvalue weighted by molar-refractivity contribution is 0.539. The Morgan fingerprint density at radius 3 is 2.83 bits per heavy atom. The highest BCUT2D eigenvalue weighted by atomic mass is 15.1. The largest absolute Gasteiger partial charge is 0.261 e. The fraction of sp³-hybridized carbons (Fsp3) is 0.350. The maximum absolute atomic E-state index is 9.17. The maximum atomic E-state index is 9.17. The summed E-state index contributed by atoms with van der Waals surface area (Å²) in [6.45, 7) is 6.45. The minimum absolute atomic E-state index is 0.171. The molecule has 1 N–H and O–H groups in total. The van der Waals surface area contributed by atoms with Crippen LogP contribution >= 0.6 is 0 Å². The third-order valence-electron chi connectivity index (χ3n) is 4.50. The minimum Gasteiger partial charge on any atom is -0.261 e. The van der Waals surface area contributed by atoms with E-state index in [9.17, 15) is 0 Å². The first kappa shape index (κ1) is 16.2. The van der Waals surface area contributed by atoms with Gasteiger partial charge in [-0.15, -0.1) is 0 Å². The monoisotopic (exact) mass is 318 g/mol. The van der Waals surface area contributed by atoms with Crippen molar-refractivity contribution >= 4 is 11.0 Å². The summed E-state index contributed by atoms with van der Waals surface area (Å²) >= 11 is 0. The number of aromatic amines is 1. The molecule has 0 bridgehead atoms. The fourth-order valence-electron chi connectivity index (χ4n) is 3.07. The van der Waals surface area contributed by atoms with Crippen molar-refractivity contribution in [3.63, 3.8) is 0 Å². The van der Waals surface area contributed by atoms with Crippen LogP contribution in [0.5, 0.6) is 0 Å². The van der Waals surface area contributed by atoms with Crippen LogP contribution < -0.4 is 0 Å². The number of hydrogen-bond acceptors (Lipinski definition) is 3. The molecule has 0 aliphatic rings. The highest BCUT2D eigenvalue weighted by Gasteiger charge is 2.22. The molecule has 0 spiro atoms. The van der Waals surface area contributed by atoms with Crippen molar-refractivity contribution < 1.29 is 0 Å². The SMILES string of the molecule is CCCc1cc(-c2ccnc3[nH]ncc23)cc(C(C)(C)CC#N)c1. The van der Waals surface area contributed by atoms with Crippen molar-refractivity contribution in [3.05, 3.63) is 47.8 Å². The second-order valence-electron chi connectivity index (χ2n) is 6.88. The van der Waals surface area contributed by atoms with Crippen molar-refractivity contribution in [1.82, 2.24) is 15.2 Å². The number of aryl methyl sites for hydroxylation is 1. The Bertz CT molecular complexity index is 899. The van der Waals surface area contributed by atoms with E-state index in [-0.39, 0.29) is 5.41 Å². The number of hydrogen-bond donors (Lipinski definition) is 1. The molecule has 0 atom stereocenters. The zero-order valence-corrected chi connectivity index (χ0v) is 14.4. The third-order valence-corrected chi connectivity index (χ3v) is 4.50. The molecule has 24 heavy (non-hydrogen) atoms. The van der Waals surface area contributed by atoms with Gasteiger partial charge in [0.1, 0.15) is 0 Å². The summed E-state index contributed by atoms with van der Waals surface area (Å²) < 4.78 is 0. The summed E-state index contributed by atoms with van der Waals surface area (Å²) in [5, 5.41) is 17.2. The molecule has 0 saturated heterocycles. The van der Waals surface area contributed by atoms with Crippen molar-refractivity contribution in [3.8, 4) is 17.2 Å². The molecule has 0 unspecified atom stereocenters. The second kappa shape index (κ2) is 6.45. The Hall–Kier alpha value is -2.67. The van der Waals surface area contributed by atoms with Gasteiger partial charge in [-0.3, -0.25) is 5.10 Å². The maximum Gasteiger partial charge on any atom is 0.155 e. The van der Waals surface area contributed by atoms with Crippen LogP contribution in [0.15, 0.2) is 36.7 Å². The quantitative estimate of drug-likeness (QED) is 0.737. The number of pyridine rings is 1. The van der Waals surface area contributed by atoms with Crippen molar-refractivity contribution in [2.75, 3.05) is 0 Å². The molecular weight excluding hydrogens is 296 g/mol. The van der Waals surface area contributed by atoms with Crippen molar-refractivity contribution in [2.45, 2.75) is 45.4 Å². The van der Waals surface area contributed by atoms with Gasteiger partial charge >= 0.3 is 0 Å². The summed E-state index contributed by atoms with van der Waals surface area (Å²) in [5.41, 5.74) is 5.43. The average Bonchev–Trinajstić information content (AvgIpc) is 3.03. The Balaban J connectivity index is 2.19. The molecule has 122 valence electrons. The molecule has 0 fully saturated rings. The lowest BCUT2D eigenvalue weighted by Gasteiger charge is -2.24. The molecule has 4 nitrogen and oxygen atoms in total. The summed E-state index contributed by atoms with van der Waals surface area (Å²) in [6.07, 6.45) is 6.26. The molecule has 0 aliphatic heterocycles. The second-order valence-corrected chi connectivity index (χ2v) is 6.88. The lowest BCUT2D eigenvalue weighted by atomic mass is 9.79. The predicted molar refractivity (Wildman–Crippen MR) is 96.6 cm³/mol. The first-order chi connectivity index (χ1) is 11.5. The van der Waals surface area contributed by atoms with Gasteiger partial charge in [0.05, 0.1) is 12.3 Å². The standard InChI is InChI=1S/C20H22N4/c1-4-5-14-10-15(12-16(11-14)20(2,3)7-8-21)17-6-9-22-19-18(17)13-23-24-19/h6,9-13H,4-5,7H2,1-3H3,(H,22,23,24). The first-order valence-electron chi connectivity index (χ1n) is 8.35. The number of nitrogens with one attached hydrogen (secondary N) is 1. The Labute approximate surface area is 142 Å². The molecule has 3 aromatic rings. The van der Waals surface area contributed by atoms with E-state index < -0.39 is 0 Å². The van der Waals surface area contributed by atoms with E-state index in [1.54, 1.807) is 0 Å². The van der Waals surface area contributed by atoms with Gasteiger partial charge in [-0.1, -0.05) is 45.4 Å². The van der Waals surface area contributed by atoms with Gasteiger partial charge in [-0.25, -0.2) is 4.98 Å². The highest BCUT2D eigenvalue weighted by Crippen LogP contribution is 2.34. The molecule has 0 amide bonds. The molecule has 4 heteroatoms. The van der Waals surface area contributed by atoms with E-state index >= 15 is 0 Å². The zero-order chi connectivity index (χ0) is 17.2. The predicted octanol–water partition coefficient (Wildman–Crippen LogP) is 4.77. The first-order valence-corrected chi connectivity index (χ1v) is 8.35. The molecule has 1 aromatic carbocycles. The molecule has 2 aromatic heterocycles. The third kappa shape index (κ3) is 3.03. The molecule has 3 rings (SSSR count). The smallest absolute Gasteiger partial charge is 0.155 e. The van der Waals surface area contributed by atoms with Gasteiger partial charge in [-0.05, 0) is 34.7 Å². The van der Waals surface area contributed by atoms with Crippen LogP contribution in [0.2, 0.25) is 0 Å². The number of nitrogens with zero attached hydrogens (tertiary/aromatic N) is 3. The fourth-order valence-corrected chi connectivity index (χ4v) is 3.07. The highest BCUT2D eigenvalue weighted by molar-refractivity contribution is 5.92. The Morgan fingerprint density at radius 2 is 2.08 bits per heavy atom. The van der Waals surface area contributed by atoms with E-state index in [0.717, 1.165) is 35.0 Å². The number of H-pyrrole nitrogens is 1. The Morgan fingerprint density at radius 1 is 1.25 bits per heavy atom. The van der Waals surface area contributed by atoms with Gasteiger partial charge in [-0.2, -0.15) is 10.4 Å². The molecule has 2 heterocycles. The van der Waals surface area contributed by atoms with Crippen LogP contribution in [0.4, 0.5) is 0 Å². The number of benzene rings is 1. The number of fused-ring (bicyclic) bond motifs is 1.